The number of carbonyl (C=O) groups excluding carboxylic acids is 1. The van der Waals surface area contributed by atoms with Crippen LogP contribution in [0.15, 0.2) is 6.33 Å². The molecule has 0 spiro atoms. The van der Waals surface area contributed by atoms with Gasteiger partial charge in [0.1, 0.15) is 12.1 Å². The van der Waals surface area contributed by atoms with Crippen molar-refractivity contribution in [1.82, 2.24) is 25.1 Å². The highest BCUT2D eigenvalue weighted by Crippen LogP contribution is 2.32. The first-order valence-electron chi connectivity index (χ1n) is 10.2. The lowest BCUT2D eigenvalue weighted by atomic mass is 10.0. The van der Waals surface area contributed by atoms with Gasteiger partial charge >= 0.3 is 0 Å². The Morgan fingerprint density at radius 3 is 2.89 bits per heavy atom. The highest BCUT2D eigenvalue weighted by Gasteiger charge is 2.28. The number of nitrogens with zero attached hydrogens (tertiary/aromatic N) is 5. The fourth-order valence-corrected chi connectivity index (χ4v) is 3.85. The first-order valence-corrected chi connectivity index (χ1v) is 10.2. The normalized spacial score (nSPS) is 17.2. The van der Waals surface area contributed by atoms with Gasteiger partial charge in [0, 0.05) is 33.1 Å². The van der Waals surface area contributed by atoms with Crippen LogP contribution in [0.1, 0.15) is 52.1 Å². The molecule has 1 saturated heterocycles. The molecule has 0 bridgehead atoms. The van der Waals surface area contributed by atoms with Gasteiger partial charge in [-0.05, 0) is 31.1 Å². The average molecular weight is 373 g/mol. The standard InChI is InChI=1S/C20H32N6O/c1-5-6-8-26-20-18(16(24-26)10-14(2)3)19(22-13-23-20)25-9-7-15(12-25)11-17(27)21-4/h13-15H,5-12H2,1-4H3,(H,21,27). The van der Waals surface area contributed by atoms with Crippen LogP contribution in [0.3, 0.4) is 0 Å². The van der Waals surface area contributed by atoms with E-state index >= 15 is 0 Å². The van der Waals surface area contributed by atoms with Crippen molar-refractivity contribution in [3.8, 4) is 0 Å². The van der Waals surface area contributed by atoms with E-state index in [4.69, 9.17) is 5.10 Å². The van der Waals surface area contributed by atoms with E-state index in [-0.39, 0.29) is 5.91 Å². The molecule has 1 N–H and O–H groups in total. The molecule has 1 amide bonds. The average Bonchev–Trinajstić information content (AvgIpc) is 3.24. The Bertz CT molecular complexity index is 784. The van der Waals surface area contributed by atoms with Crippen LogP contribution in [0, 0.1) is 11.8 Å². The molecule has 0 aromatic carbocycles. The van der Waals surface area contributed by atoms with Crippen LogP contribution in [0.2, 0.25) is 0 Å². The third kappa shape index (κ3) is 4.39. The molecule has 1 aliphatic heterocycles. The molecule has 1 unspecified atom stereocenters. The van der Waals surface area contributed by atoms with Crippen molar-refractivity contribution in [3.05, 3.63) is 12.0 Å². The summed E-state index contributed by atoms with van der Waals surface area (Å²) >= 11 is 0. The summed E-state index contributed by atoms with van der Waals surface area (Å²) in [7, 11) is 1.70. The van der Waals surface area contributed by atoms with Gasteiger partial charge in [-0.15, -0.1) is 0 Å². The Morgan fingerprint density at radius 2 is 2.19 bits per heavy atom. The molecule has 3 heterocycles. The molecule has 1 atom stereocenters. The number of nitrogens with one attached hydrogen (secondary N) is 1. The van der Waals surface area contributed by atoms with Crippen molar-refractivity contribution in [2.24, 2.45) is 11.8 Å². The van der Waals surface area contributed by atoms with Crippen LogP contribution >= 0.6 is 0 Å². The van der Waals surface area contributed by atoms with E-state index in [1.165, 1.54) is 0 Å². The Balaban J connectivity index is 1.93. The summed E-state index contributed by atoms with van der Waals surface area (Å²) in [5, 5.41) is 8.74. The molecule has 7 heteroatoms. The van der Waals surface area contributed by atoms with E-state index in [0.29, 0.717) is 18.3 Å². The molecule has 148 valence electrons. The second-order valence-electron chi connectivity index (χ2n) is 8.00. The molecule has 0 saturated carbocycles. The zero-order valence-electron chi connectivity index (χ0n) is 17.0. The maximum Gasteiger partial charge on any atom is 0.220 e. The molecular formula is C20H32N6O. The lowest BCUT2D eigenvalue weighted by Gasteiger charge is -2.18. The number of unbranched alkanes of at least 4 members (excludes halogenated alkanes) is 1. The van der Waals surface area contributed by atoms with Gasteiger partial charge < -0.3 is 10.2 Å². The van der Waals surface area contributed by atoms with Crippen molar-refractivity contribution >= 4 is 22.8 Å². The monoisotopic (exact) mass is 372 g/mol. The van der Waals surface area contributed by atoms with E-state index in [1.807, 2.05) is 0 Å². The molecule has 2 aromatic rings. The summed E-state index contributed by atoms with van der Waals surface area (Å²) in [4.78, 5) is 23.3. The Labute approximate surface area is 161 Å². The second kappa shape index (κ2) is 8.67. The quantitative estimate of drug-likeness (QED) is 0.771. The van der Waals surface area contributed by atoms with Crippen LogP contribution in [0.4, 0.5) is 5.82 Å². The van der Waals surface area contributed by atoms with Crippen LogP contribution < -0.4 is 10.2 Å². The fraction of sp³-hybridized carbons (Fsp3) is 0.700. The van der Waals surface area contributed by atoms with Crippen LogP contribution in [-0.2, 0) is 17.8 Å². The van der Waals surface area contributed by atoms with Crippen molar-refractivity contribution in [3.63, 3.8) is 0 Å². The summed E-state index contributed by atoms with van der Waals surface area (Å²) in [5.74, 6) is 1.99. The molecule has 2 aromatic heterocycles. The number of amides is 1. The number of rotatable bonds is 8. The van der Waals surface area contributed by atoms with Gasteiger partial charge in [-0.25, -0.2) is 14.6 Å². The molecule has 1 aliphatic rings. The number of aryl methyl sites for hydroxylation is 1. The molecule has 0 aliphatic carbocycles. The van der Waals surface area contributed by atoms with E-state index in [0.717, 1.165) is 67.9 Å². The number of fused-ring (bicyclic) bond motifs is 1. The summed E-state index contributed by atoms with van der Waals surface area (Å²) < 4.78 is 2.06. The third-order valence-corrected chi connectivity index (χ3v) is 5.25. The Kier molecular flexibility index (Phi) is 6.29. The van der Waals surface area contributed by atoms with Gasteiger partial charge in [-0.3, -0.25) is 4.79 Å². The Hall–Kier alpha value is -2.18. The van der Waals surface area contributed by atoms with Crippen molar-refractivity contribution in [2.75, 3.05) is 25.0 Å². The van der Waals surface area contributed by atoms with E-state index in [1.54, 1.807) is 13.4 Å². The predicted octanol–water partition coefficient (Wildman–Crippen LogP) is 2.79. The summed E-state index contributed by atoms with van der Waals surface area (Å²) in [6.07, 6.45) is 6.40. The molecule has 3 rings (SSSR count). The minimum atomic E-state index is 0.113. The van der Waals surface area contributed by atoms with Crippen LogP contribution in [0.25, 0.3) is 11.0 Å². The van der Waals surface area contributed by atoms with E-state index < -0.39 is 0 Å². The number of aromatic nitrogens is 4. The van der Waals surface area contributed by atoms with E-state index in [9.17, 15) is 4.79 Å². The summed E-state index contributed by atoms with van der Waals surface area (Å²) in [5.41, 5.74) is 2.04. The zero-order chi connectivity index (χ0) is 19.4. The number of carbonyl (C=O) groups is 1. The number of hydrogen-bond donors (Lipinski definition) is 1. The fourth-order valence-electron chi connectivity index (χ4n) is 3.85. The zero-order valence-corrected chi connectivity index (χ0v) is 17.0. The molecule has 27 heavy (non-hydrogen) atoms. The lowest BCUT2D eigenvalue weighted by Crippen LogP contribution is -2.25. The second-order valence-corrected chi connectivity index (χ2v) is 8.00. The highest BCUT2D eigenvalue weighted by molar-refractivity contribution is 5.90. The molecule has 1 fully saturated rings. The number of hydrogen-bond acceptors (Lipinski definition) is 5. The molecule has 0 radical (unpaired) electrons. The van der Waals surface area contributed by atoms with Crippen LogP contribution in [0.5, 0.6) is 0 Å². The van der Waals surface area contributed by atoms with Gasteiger partial charge in [-0.1, -0.05) is 27.2 Å². The van der Waals surface area contributed by atoms with Crippen molar-refractivity contribution in [2.45, 2.75) is 59.4 Å². The molecular weight excluding hydrogens is 340 g/mol. The maximum absolute atomic E-state index is 11.7. The predicted molar refractivity (Wildman–Crippen MR) is 108 cm³/mol. The summed E-state index contributed by atoms with van der Waals surface area (Å²) in [6.45, 7) is 9.31. The minimum absolute atomic E-state index is 0.113. The van der Waals surface area contributed by atoms with Gasteiger partial charge in [-0.2, -0.15) is 5.10 Å². The first kappa shape index (κ1) is 19.6. The van der Waals surface area contributed by atoms with Gasteiger partial charge in [0.15, 0.2) is 5.65 Å². The largest absolute Gasteiger partial charge is 0.359 e. The maximum atomic E-state index is 11.7. The van der Waals surface area contributed by atoms with Gasteiger partial charge in [0.05, 0.1) is 11.1 Å². The lowest BCUT2D eigenvalue weighted by molar-refractivity contribution is -0.121. The first-order chi connectivity index (χ1) is 13.0. The smallest absolute Gasteiger partial charge is 0.220 e. The van der Waals surface area contributed by atoms with Gasteiger partial charge in [0.25, 0.3) is 0 Å². The molecule has 7 nitrogen and oxygen atoms in total. The SMILES string of the molecule is CCCCn1nc(CC(C)C)c2c(N3CCC(CC(=O)NC)C3)ncnc21. The summed E-state index contributed by atoms with van der Waals surface area (Å²) in [6, 6.07) is 0. The topological polar surface area (TPSA) is 75.9 Å². The minimum Gasteiger partial charge on any atom is -0.359 e. The van der Waals surface area contributed by atoms with Gasteiger partial charge in [0.2, 0.25) is 5.91 Å². The highest BCUT2D eigenvalue weighted by atomic mass is 16.1. The number of anilines is 1. The van der Waals surface area contributed by atoms with E-state index in [2.05, 4.69) is 45.6 Å². The third-order valence-electron chi connectivity index (χ3n) is 5.25. The Morgan fingerprint density at radius 1 is 1.37 bits per heavy atom. The van der Waals surface area contributed by atoms with Crippen LogP contribution in [-0.4, -0.2) is 45.8 Å². The van der Waals surface area contributed by atoms with Crippen molar-refractivity contribution in [1.29, 1.82) is 0 Å². The van der Waals surface area contributed by atoms with Crippen molar-refractivity contribution < 1.29 is 4.79 Å².